The highest BCUT2D eigenvalue weighted by atomic mass is 16.6. The molecule has 0 aromatic carbocycles. The normalized spacial score (nSPS) is 18.6. The predicted octanol–water partition coefficient (Wildman–Crippen LogP) is 0.631. The van der Waals surface area contributed by atoms with Gasteiger partial charge in [-0.25, -0.2) is 4.79 Å². The molecule has 106 valence electrons. The summed E-state index contributed by atoms with van der Waals surface area (Å²) in [7, 11) is 0. The Morgan fingerprint density at radius 1 is 1.44 bits per heavy atom. The first-order valence-electron chi connectivity index (χ1n) is 6.19. The SMILES string of the molecule is CC(C)(C)N(CCO)C(=O)OCCOCC1CO1. The van der Waals surface area contributed by atoms with Crippen molar-refractivity contribution in [2.75, 3.05) is 39.6 Å². The molecule has 18 heavy (non-hydrogen) atoms. The van der Waals surface area contributed by atoms with Gasteiger partial charge in [-0.1, -0.05) is 0 Å². The zero-order valence-electron chi connectivity index (χ0n) is 11.3. The third kappa shape index (κ3) is 5.66. The number of β-amino-alcohol motifs (C(OH)–C–C–N with tert-alkyl or cyclic N) is 1. The number of hydrogen-bond acceptors (Lipinski definition) is 5. The molecular weight excluding hydrogens is 238 g/mol. The van der Waals surface area contributed by atoms with E-state index in [2.05, 4.69) is 0 Å². The van der Waals surface area contributed by atoms with Crippen LogP contribution in [0.3, 0.4) is 0 Å². The standard InChI is InChI=1S/C12H23NO5/c1-12(2,3)13(4-5-14)11(15)17-7-6-16-8-10-9-18-10/h10,14H,4-9H2,1-3H3. The van der Waals surface area contributed by atoms with Gasteiger partial charge in [-0.2, -0.15) is 0 Å². The van der Waals surface area contributed by atoms with E-state index in [1.165, 1.54) is 4.90 Å². The second kappa shape index (κ2) is 6.92. The quantitative estimate of drug-likeness (QED) is 0.537. The van der Waals surface area contributed by atoms with Crippen LogP contribution in [0.1, 0.15) is 20.8 Å². The smallest absolute Gasteiger partial charge is 0.410 e. The Balaban J connectivity index is 2.18. The van der Waals surface area contributed by atoms with Gasteiger partial charge in [0.05, 0.1) is 26.4 Å². The highest BCUT2D eigenvalue weighted by Crippen LogP contribution is 2.14. The fourth-order valence-corrected chi connectivity index (χ4v) is 1.45. The zero-order chi connectivity index (χ0) is 13.6. The van der Waals surface area contributed by atoms with Crippen LogP contribution in [0.2, 0.25) is 0 Å². The Morgan fingerprint density at radius 3 is 2.61 bits per heavy atom. The van der Waals surface area contributed by atoms with E-state index in [-0.39, 0.29) is 31.4 Å². The molecule has 1 rings (SSSR count). The summed E-state index contributed by atoms with van der Waals surface area (Å²) in [5, 5.41) is 8.94. The molecule has 0 spiro atoms. The van der Waals surface area contributed by atoms with Gasteiger partial charge in [0.25, 0.3) is 0 Å². The Morgan fingerprint density at radius 2 is 2.11 bits per heavy atom. The minimum atomic E-state index is -0.428. The van der Waals surface area contributed by atoms with Crippen molar-refractivity contribution < 1.29 is 24.1 Å². The lowest BCUT2D eigenvalue weighted by atomic mass is 10.1. The van der Waals surface area contributed by atoms with Gasteiger partial charge >= 0.3 is 6.09 Å². The molecule has 0 radical (unpaired) electrons. The number of ether oxygens (including phenoxy) is 3. The average Bonchev–Trinajstić information content (AvgIpc) is 3.07. The van der Waals surface area contributed by atoms with Crippen molar-refractivity contribution in [2.45, 2.75) is 32.4 Å². The summed E-state index contributed by atoms with van der Waals surface area (Å²) in [6, 6.07) is 0. The largest absolute Gasteiger partial charge is 0.447 e. The lowest BCUT2D eigenvalue weighted by Gasteiger charge is -2.34. The Hall–Kier alpha value is -0.850. The molecule has 1 heterocycles. The van der Waals surface area contributed by atoms with Crippen molar-refractivity contribution in [3.63, 3.8) is 0 Å². The van der Waals surface area contributed by atoms with Crippen molar-refractivity contribution in [2.24, 2.45) is 0 Å². The third-order valence-corrected chi connectivity index (χ3v) is 2.51. The van der Waals surface area contributed by atoms with Gasteiger partial charge in [-0.05, 0) is 20.8 Å². The number of amides is 1. The van der Waals surface area contributed by atoms with Crippen LogP contribution in [-0.2, 0) is 14.2 Å². The van der Waals surface area contributed by atoms with Gasteiger partial charge in [0.2, 0.25) is 0 Å². The summed E-state index contributed by atoms with van der Waals surface area (Å²) in [4.78, 5) is 13.3. The minimum absolute atomic E-state index is 0.0815. The molecule has 1 amide bonds. The number of aliphatic hydroxyl groups is 1. The summed E-state index contributed by atoms with van der Waals surface area (Å²) in [6.07, 6.45) is -0.205. The van der Waals surface area contributed by atoms with Crippen molar-refractivity contribution in [1.29, 1.82) is 0 Å². The fraction of sp³-hybridized carbons (Fsp3) is 0.917. The summed E-state index contributed by atoms with van der Waals surface area (Å²) in [5.41, 5.74) is -0.372. The number of hydrogen-bond donors (Lipinski definition) is 1. The molecule has 6 heteroatoms. The van der Waals surface area contributed by atoms with Crippen LogP contribution >= 0.6 is 0 Å². The minimum Gasteiger partial charge on any atom is -0.447 e. The molecular formula is C12H23NO5. The molecule has 0 bridgehead atoms. The van der Waals surface area contributed by atoms with Crippen LogP contribution in [0.25, 0.3) is 0 Å². The highest BCUT2D eigenvalue weighted by molar-refractivity contribution is 5.68. The number of rotatable bonds is 7. The Labute approximate surface area is 108 Å². The van der Waals surface area contributed by atoms with Gasteiger partial charge < -0.3 is 24.2 Å². The number of aliphatic hydroxyl groups excluding tert-OH is 1. The monoisotopic (exact) mass is 261 g/mol. The number of carbonyl (C=O) groups is 1. The first kappa shape index (κ1) is 15.2. The topological polar surface area (TPSA) is 71.5 Å². The maximum Gasteiger partial charge on any atom is 0.410 e. The van der Waals surface area contributed by atoms with E-state index in [4.69, 9.17) is 19.3 Å². The molecule has 1 fully saturated rings. The van der Waals surface area contributed by atoms with Crippen LogP contribution in [0.15, 0.2) is 0 Å². The van der Waals surface area contributed by atoms with Crippen LogP contribution in [0.4, 0.5) is 4.79 Å². The fourth-order valence-electron chi connectivity index (χ4n) is 1.45. The molecule has 1 atom stereocenters. The lowest BCUT2D eigenvalue weighted by Crippen LogP contribution is -2.47. The molecule has 1 unspecified atom stereocenters. The first-order valence-corrected chi connectivity index (χ1v) is 6.19. The van der Waals surface area contributed by atoms with E-state index in [1.54, 1.807) is 0 Å². The number of nitrogens with zero attached hydrogens (tertiary/aromatic N) is 1. The molecule has 0 aromatic heterocycles. The number of epoxide rings is 1. The highest BCUT2D eigenvalue weighted by Gasteiger charge is 2.27. The van der Waals surface area contributed by atoms with E-state index >= 15 is 0 Å². The van der Waals surface area contributed by atoms with Crippen molar-refractivity contribution in [3.05, 3.63) is 0 Å². The van der Waals surface area contributed by atoms with Crippen LogP contribution < -0.4 is 0 Å². The molecule has 1 aliphatic rings. The van der Waals surface area contributed by atoms with E-state index < -0.39 is 6.09 Å². The summed E-state index contributed by atoms with van der Waals surface area (Å²) in [5.74, 6) is 0. The number of carbonyl (C=O) groups excluding carboxylic acids is 1. The molecule has 0 aromatic rings. The molecule has 0 aliphatic carbocycles. The van der Waals surface area contributed by atoms with Gasteiger partial charge in [0, 0.05) is 12.1 Å². The second-order valence-electron chi connectivity index (χ2n) is 5.19. The van der Waals surface area contributed by atoms with Crippen LogP contribution in [0, 0.1) is 0 Å². The van der Waals surface area contributed by atoms with Gasteiger partial charge in [0.1, 0.15) is 12.7 Å². The van der Waals surface area contributed by atoms with Gasteiger partial charge in [0.15, 0.2) is 0 Å². The lowest BCUT2D eigenvalue weighted by molar-refractivity contribution is 0.0298. The first-order chi connectivity index (χ1) is 8.45. The summed E-state index contributed by atoms with van der Waals surface area (Å²) in [6.45, 7) is 7.75. The predicted molar refractivity (Wildman–Crippen MR) is 65.5 cm³/mol. The summed E-state index contributed by atoms with van der Waals surface area (Å²) < 4.78 is 15.3. The molecule has 0 saturated carbocycles. The van der Waals surface area contributed by atoms with Crippen LogP contribution in [-0.4, -0.2) is 67.3 Å². The van der Waals surface area contributed by atoms with E-state index in [1.807, 2.05) is 20.8 Å². The average molecular weight is 261 g/mol. The van der Waals surface area contributed by atoms with E-state index in [0.717, 1.165) is 6.61 Å². The zero-order valence-corrected chi connectivity index (χ0v) is 11.3. The van der Waals surface area contributed by atoms with Crippen molar-refractivity contribution >= 4 is 6.09 Å². The van der Waals surface area contributed by atoms with Crippen molar-refractivity contribution in [3.8, 4) is 0 Å². The van der Waals surface area contributed by atoms with Crippen LogP contribution in [0.5, 0.6) is 0 Å². The second-order valence-corrected chi connectivity index (χ2v) is 5.19. The molecule has 1 saturated heterocycles. The van der Waals surface area contributed by atoms with Gasteiger partial charge in [-0.3, -0.25) is 0 Å². The molecule has 1 N–H and O–H groups in total. The summed E-state index contributed by atoms with van der Waals surface area (Å²) >= 11 is 0. The third-order valence-electron chi connectivity index (χ3n) is 2.51. The van der Waals surface area contributed by atoms with Gasteiger partial charge in [-0.15, -0.1) is 0 Å². The van der Waals surface area contributed by atoms with Crippen molar-refractivity contribution in [1.82, 2.24) is 4.90 Å². The maximum atomic E-state index is 11.8. The molecule has 1 aliphatic heterocycles. The van der Waals surface area contributed by atoms with E-state index in [0.29, 0.717) is 13.2 Å². The Kier molecular flexibility index (Phi) is 5.84. The molecule has 6 nitrogen and oxygen atoms in total. The van der Waals surface area contributed by atoms with E-state index in [9.17, 15) is 4.79 Å². The maximum absolute atomic E-state index is 11.8. The Bertz CT molecular complexity index is 260.